The molecule has 0 bridgehead atoms. The van der Waals surface area contributed by atoms with Crippen LogP contribution in [0.15, 0.2) is 24.3 Å². The second-order valence-corrected chi connectivity index (χ2v) is 5.92. The Kier molecular flexibility index (Phi) is 8.16. The lowest BCUT2D eigenvalue weighted by Gasteiger charge is -2.24. The van der Waals surface area contributed by atoms with E-state index in [0.29, 0.717) is 6.42 Å². The Morgan fingerprint density at radius 3 is 2.30 bits per heavy atom. The Bertz CT molecular complexity index is 496. The summed E-state index contributed by atoms with van der Waals surface area (Å²) in [6.45, 7) is 3.46. The van der Waals surface area contributed by atoms with Gasteiger partial charge in [0, 0.05) is 12.5 Å². The van der Waals surface area contributed by atoms with Gasteiger partial charge in [-0.25, -0.2) is 0 Å². The maximum Gasteiger partial charge on any atom is 0.323 e. The van der Waals surface area contributed by atoms with E-state index in [-0.39, 0.29) is 18.5 Å². The third-order valence-electron chi connectivity index (χ3n) is 3.76. The van der Waals surface area contributed by atoms with Crippen molar-refractivity contribution in [2.75, 3.05) is 13.7 Å². The Balaban J connectivity index is 2.27. The molecule has 0 atom stereocenters. The molecule has 0 saturated heterocycles. The first-order chi connectivity index (χ1) is 10.9. The molecule has 0 aliphatic heterocycles. The van der Waals surface area contributed by atoms with E-state index in [1.54, 1.807) is 7.11 Å². The number of carbonyl (C=O) groups is 2. The number of aliphatic carboxylic acids is 1. The van der Waals surface area contributed by atoms with E-state index in [1.165, 1.54) is 10.5 Å². The predicted molar refractivity (Wildman–Crippen MR) is 89.7 cm³/mol. The molecule has 0 fully saturated rings. The third-order valence-corrected chi connectivity index (χ3v) is 3.76. The number of nitrogens with zero attached hydrogens (tertiary/aromatic N) is 1. The van der Waals surface area contributed by atoms with Crippen molar-refractivity contribution in [1.29, 1.82) is 0 Å². The van der Waals surface area contributed by atoms with Crippen LogP contribution in [0.1, 0.15) is 45.1 Å². The Morgan fingerprint density at radius 1 is 1.13 bits per heavy atom. The lowest BCUT2D eigenvalue weighted by Crippen LogP contribution is -2.40. The number of carbonyl (C=O) groups excluding carboxylic acids is 1. The molecule has 5 nitrogen and oxygen atoms in total. The van der Waals surface area contributed by atoms with Gasteiger partial charge in [0.25, 0.3) is 0 Å². The van der Waals surface area contributed by atoms with E-state index in [9.17, 15) is 9.59 Å². The quantitative estimate of drug-likeness (QED) is 0.672. The number of carboxylic acid groups (broad SMARTS) is 1. The monoisotopic (exact) mass is 321 g/mol. The Hall–Kier alpha value is -2.04. The Labute approximate surface area is 138 Å². The van der Waals surface area contributed by atoms with Crippen LogP contribution in [0.5, 0.6) is 5.75 Å². The number of amides is 1. The summed E-state index contributed by atoms with van der Waals surface area (Å²) in [6.07, 6.45) is 4.14. The number of rotatable bonds is 10. The zero-order valence-corrected chi connectivity index (χ0v) is 14.2. The second-order valence-electron chi connectivity index (χ2n) is 5.92. The zero-order valence-electron chi connectivity index (χ0n) is 14.2. The molecule has 0 heterocycles. The van der Waals surface area contributed by atoms with Gasteiger partial charge in [-0.05, 0) is 50.8 Å². The SMILES string of the molecule is COc1ccc(CCCCCC(=O)N(CC(=O)O)C(C)C)cc1. The van der Waals surface area contributed by atoms with E-state index >= 15 is 0 Å². The van der Waals surface area contributed by atoms with Crippen LogP contribution >= 0.6 is 0 Å². The molecule has 1 rings (SSSR count). The second kappa shape index (κ2) is 9.87. The topological polar surface area (TPSA) is 66.8 Å². The first kappa shape index (κ1) is 19.0. The minimum absolute atomic E-state index is 0.0770. The molecule has 0 radical (unpaired) electrons. The molecule has 1 aromatic carbocycles. The minimum atomic E-state index is -0.966. The van der Waals surface area contributed by atoms with Gasteiger partial charge in [0.15, 0.2) is 0 Å². The van der Waals surface area contributed by atoms with Crippen LogP contribution in [-0.4, -0.2) is 41.6 Å². The van der Waals surface area contributed by atoms with Crippen molar-refractivity contribution in [3.05, 3.63) is 29.8 Å². The molecule has 0 spiro atoms. The van der Waals surface area contributed by atoms with Gasteiger partial charge in [-0.2, -0.15) is 0 Å². The number of carboxylic acids is 1. The average molecular weight is 321 g/mol. The molecule has 128 valence electrons. The fraction of sp³-hybridized carbons (Fsp3) is 0.556. The van der Waals surface area contributed by atoms with Crippen molar-refractivity contribution < 1.29 is 19.4 Å². The van der Waals surface area contributed by atoms with Gasteiger partial charge in [0.1, 0.15) is 12.3 Å². The van der Waals surface area contributed by atoms with Gasteiger partial charge < -0.3 is 14.7 Å². The predicted octanol–water partition coefficient (Wildman–Crippen LogP) is 3.12. The summed E-state index contributed by atoms with van der Waals surface area (Å²) in [5, 5.41) is 8.85. The lowest BCUT2D eigenvalue weighted by atomic mass is 10.1. The van der Waals surface area contributed by atoms with E-state index in [2.05, 4.69) is 12.1 Å². The van der Waals surface area contributed by atoms with Crippen LogP contribution in [0.3, 0.4) is 0 Å². The summed E-state index contributed by atoms with van der Waals surface area (Å²) in [6, 6.07) is 7.92. The highest BCUT2D eigenvalue weighted by Crippen LogP contribution is 2.14. The summed E-state index contributed by atoms with van der Waals surface area (Å²) >= 11 is 0. The number of unbranched alkanes of at least 4 members (excludes halogenated alkanes) is 2. The van der Waals surface area contributed by atoms with Crippen molar-refractivity contribution in [3.8, 4) is 5.75 Å². The maximum absolute atomic E-state index is 12.1. The highest BCUT2D eigenvalue weighted by atomic mass is 16.5. The van der Waals surface area contributed by atoms with Crippen molar-refractivity contribution in [3.63, 3.8) is 0 Å². The molecule has 0 aliphatic carbocycles. The molecule has 0 aromatic heterocycles. The number of aryl methyl sites for hydroxylation is 1. The molecule has 1 aromatic rings. The van der Waals surface area contributed by atoms with E-state index in [0.717, 1.165) is 31.4 Å². The average Bonchev–Trinajstić information content (AvgIpc) is 2.52. The van der Waals surface area contributed by atoms with Gasteiger partial charge in [-0.3, -0.25) is 9.59 Å². The number of benzene rings is 1. The molecule has 1 amide bonds. The van der Waals surface area contributed by atoms with Gasteiger partial charge in [0.2, 0.25) is 5.91 Å². The van der Waals surface area contributed by atoms with Crippen LogP contribution in [0.2, 0.25) is 0 Å². The molecular weight excluding hydrogens is 294 g/mol. The number of methoxy groups -OCH3 is 1. The molecular formula is C18H27NO4. The molecule has 0 saturated carbocycles. The van der Waals surface area contributed by atoms with E-state index < -0.39 is 5.97 Å². The summed E-state index contributed by atoms with van der Waals surface area (Å²) in [5.74, 6) is -0.190. The fourth-order valence-corrected chi connectivity index (χ4v) is 2.42. The fourth-order valence-electron chi connectivity index (χ4n) is 2.42. The highest BCUT2D eigenvalue weighted by Gasteiger charge is 2.18. The zero-order chi connectivity index (χ0) is 17.2. The first-order valence-corrected chi connectivity index (χ1v) is 8.08. The summed E-state index contributed by atoms with van der Waals surface area (Å²) in [4.78, 5) is 24.3. The van der Waals surface area contributed by atoms with Crippen LogP contribution in [0.25, 0.3) is 0 Å². The van der Waals surface area contributed by atoms with Crippen LogP contribution in [0, 0.1) is 0 Å². The molecule has 5 heteroatoms. The summed E-state index contributed by atoms with van der Waals surface area (Å²) < 4.78 is 5.12. The van der Waals surface area contributed by atoms with Gasteiger partial charge in [-0.15, -0.1) is 0 Å². The summed E-state index contributed by atoms with van der Waals surface area (Å²) in [5.41, 5.74) is 1.26. The van der Waals surface area contributed by atoms with Gasteiger partial charge in [0.05, 0.1) is 7.11 Å². The minimum Gasteiger partial charge on any atom is -0.497 e. The Morgan fingerprint density at radius 2 is 1.78 bits per heavy atom. The standard InChI is InChI=1S/C18H27NO4/c1-14(2)19(13-18(21)22)17(20)8-6-4-5-7-15-9-11-16(23-3)12-10-15/h9-12,14H,4-8,13H2,1-3H3,(H,21,22). The van der Waals surface area contributed by atoms with Crippen LogP contribution in [0.4, 0.5) is 0 Å². The normalized spacial score (nSPS) is 10.6. The van der Waals surface area contributed by atoms with Crippen LogP contribution in [-0.2, 0) is 16.0 Å². The van der Waals surface area contributed by atoms with Crippen molar-refractivity contribution in [1.82, 2.24) is 4.90 Å². The van der Waals surface area contributed by atoms with Crippen LogP contribution < -0.4 is 4.74 Å². The molecule has 0 aliphatic rings. The maximum atomic E-state index is 12.1. The highest BCUT2D eigenvalue weighted by molar-refractivity contribution is 5.81. The lowest BCUT2D eigenvalue weighted by molar-refractivity contribution is -0.145. The molecule has 1 N–H and O–H groups in total. The smallest absolute Gasteiger partial charge is 0.323 e. The van der Waals surface area contributed by atoms with E-state index in [4.69, 9.17) is 9.84 Å². The molecule has 23 heavy (non-hydrogen) atoms. The largest absolute Gasteiger partial charge is 0.497 e. The number of hydrogen-bond donors (Lipinski definition) is 1. The van der Waals surface area contributed by atoms with Gasteiger partial charge in [-0.1, -0.05) is 18.6 Å². The van der Waals surface area contributed by atoms with Crippen molar-refractivity contribution in [2.45, 2.75) is 52.0 Å². The van der Waals surface area contributed by atoms with Gasteiger partial charge >= 0.3 is 5.97 Å². The molecule has 0 unspecified atom stereocenters. The first-order valence-electron chi connectivity index (χ1n) is 8.08. The number of hydrogen-bond acceptors (Lipinski definition) is 3. The van der Waals surface area contributed by atoms with Crippen molar-refractivity contribution in [2.24, 2.45) is 0 Å². The third kappa shape index (κ3) is 7.17. The van der Waals surface area contributed by atoms with E-state index in [1.807, 2.05) is 26.0 Å². The number of ether oxygens (including phenoxy) is 1. The van der Waals surface area contributed by atoms with Crippen molar-refractivity contribution >= 4 is 11.9 Å². The summed E-state index contributed by atoms with van der Waals surface area (Å²) in [7, 11) is 1.65.